The molecule has 27 heavy (non-hydrogen) atoms. The van der Waals surface area contributed by atoms with Crippen molar-refractivity contribution in [1.82, 2.24) is 15.2 Å². The van der Waals surface area contributed by atoms with Gasteiger partial charge in [0.1, 0.15) is 12.0 Å². The number of amides is 1. The van der Waals surface area contributed by atoms with Crippen molar-refractivity contribution in [2.75, 3.05) is 7.11 Å². The Morgan fingerprint density at radius 1 is 1.33 bits per heavy atom. The number of hydrogen-bond acceptors (Lipinski definition) is 5. The number of nitrogens with zero attached hydrogens (tertiary/aromatic N) is 2. The van der Waals surface area contributed by atoms with Gasteiger partial charge in [-0.05, 0) is 43.4 Å². The summed E-state index contributed by atoms with van der Waals surface area (Å²) in [5, 5.41) is 2.94. The first-order valence-electron chi connectivity index (χ1n) is 9.58. The molecule has 1 amide bonds. The van der Waals surface area contributed by atoms with Crippen molar-refractivity contribution in [3.8, 4) is 5.75 Å². The predicted octanol–water partition coefficient (Wildman–Crippen LogP) is 3.62. The van der Waals surface area contributed by atoms with E-state index < -0.39 is 0 Å². The van der Waals surface area contributed by atoms with E-state index in [0.717, 1.165) is 25.1 Å². The molecular formula is C21H29N3O3. The van der Waals surface area contributed by atoms with Gasteiger partial charge in [0.05, 0.1) is 13.7 Å². The summed E-state index contributed by atoms with van der Waals surface area (Å²) in [4.78, 5) is 18.9. The predicted molar refractivity (Wildman–Crippen MR) is 104 cm³/mol. The zero-order valence-electron chi connectivity index (χ0n) is 16.6. The quantitative estimate of drug-likeness (QED) is 0.729. The fourth-order valence-corrected chi connectivity index (χ4v) is 2.92. The number of ether oxygens (including phenoxy) is 1. The van der Waals surface area contributed by atoms with Gasteiger partial charge in [-0.1, -0.05) is 26.0 Å². The van der Waals surface area contributed by atoms with E-state index in [1.165, 1.54) is 11.8 Å². The maximum atomic E-state index is 12.1. The molecule has 0 bridgehead atoms. The van der Waals surface area contributed by atoms with Gasteiger partial charge in [0.2, 0.25) is 5.89 Å². The Bertz CT molecular complexity index is 768. The van der Waals surface area contributed by atoms with E-state index in [2.05, 4.69) is 42.0 Å². The van der Waals surface area contributed by atoms with Crippen LogP contribution in [0.2, 0.25) is 0 Å². The molecule has 0 spiro atoms. The van der Waals surface area contributed by atoms with Crippen LogP contribution in [-0.4, -0.2) is 35.0 Å². The van der Waals surface area contributed by atoms with Crippen LogP contribution in [0, 0.1) is 5.92 Å². The summed E-state index contributed by atoms with van der Waals surface area (Å²) in [7, 11) is 1.68. The Balaban J connectivity index is 1.71. The number of oxazole rings is 1. The van der Waals surface area contributed by atoms with Gasteiger partial charge in [-0.2, -0.15) is 0 Å². The number of nitrogens with one attached hydrogen (secondary N) is 1. The standard InChI is InChI=1S/C21H29N3O3/c1-14(2)15(3)24(11-16-6-5-7-18(10-16)26-4)12-20-23-19(13-27-20)21(25)22-17-8-9-17/h5-7,10,13-15,17H,8-9,11-12H2,1-4H3,(H,22,25). The first-order valence-corrected chi connectivity index (χ1v) is 9.58. The summed E-state index contributed by atoms with van der Waals surface area (Å²) in [6.45, 7) is 7.91. The van der Waals surface area contributed by atoms with Crippen LogP contribution >= 0.6 is 0 Å². The lowest BCUT2D eigenvalue weighted by Gasteiger charge is -2.30. The molecule has 3 rings (SSSR count). The molecule has 146 valence electrons. The molecule has 1 heterocycles. The average Bonchev–Trinajstić information content (AvgIpc) is 3.35. The Labute approximate surface area is 160 Å². The van der Waals surface area contributed by atoms with Crippen molar-refractivity contribution in [3.05, 3.63) is 47.7 Å². The zero-order valence-corrected chi connectivity index (χ0v) is 16.6. The Morgan fingerprint density at radius 3 is 2.78 bits per heavy atom. The molecule has 0 radical (unpaired) electrons. The van der Waals surface area contributed by atoms with Crippen LogP contribution in [0.1, 0.15) is 55.6 Å². The average molecular weight is 371 g/mol. The Hall–Kier alpha value is -2.34. The van der Waals surface area contributed by atoms with Gasteiger partial charge in [-0.15, -0.1) is 0 Å². The third kappa shape index (κ3) is 5.32. The minimum atomic E-state index is -0.149. The molecule has 0 saturated heterocycles. The van der Waals surface area contributed by atoms with E-state index in [9.17, 15) is 4.79 Å². The smallest absolute Gasteiger partial charge is 0.273 e. The Morgan fingerprint density at radius 2 is 2.11 bits per heavy atom. The SMILES string of the molecule is COc1cccc(CN(Cc2nc(C(=O)NC3CC3)co2)C(C)C(C)C)c1. The second-order valence-electron chi connectivity index (χ2n) is 7.62. The van der Waals surface area contributed by atoms with Crippen molar-refractivity contribution in [2.45, 2.75) is 58.8 Å². The van der Waals surface area contributed by atoms with Crippen LogP contribution in [0.15, 0.2) is 34.9 Å². The maximum absolute atomic E-state index is 12.1. The largest absolute Gasteiger partial charge is 0.497 e. The number of carbonyl (C=O) groups is 1. The summed E-state index contributed by atoms with van der Waals surface area (Å²) >= 11 is 0. The molecule has 1 unspecified atom stereocenters. The monoisotopic (exact) mass is 371 g/mol. The van der Waals surface area contributed by atoms with Crippen molar-refractivity contribution in [2.24, 2.45) is 5.92 Å². The van der Waals surface area contributed by atoms with Crippen LogP contribution in [0.5, 0.6) is 5.75 Å². The lowest BCUT2D eigenvalue weighted by atomic mass is 10.0. The fraction of sp³-hybridized carbons (Fsp3) is 0.524. The maximum Gasteiger partial charge on any atom is 0.273 e. The number of benzene rings is 1. The second kappa shape index (κ2) is 8.57. The van der Waals surface area contributed by atoms with E-state index in [0.29, 0.717) is 36.1 Å². The van der Waals surface area contributed by atoms with Crippen LogP contribution in [0.25, 0.3) is 0 Å². The molecule has 1 aliphatic rings. The first-order chi connectivity index (χ1) is 13.0. The molecule has 6 nitrogen and oxygen atoms in total. The second-order valence-corrected chi connectivity index (χ2v) is 7.62. The number of carbonyl (C=O) groups excluding carboxylic acids is 1. The Kier molecular flexibility index (Phi) is 6.16. The number of aromatic nitrogens is 1. The van der Waals surface area contributed by atoms with E-state index in [-0.39, 0.29) is 5.91 Å². The first kappa shape index (κ1) is 19.4. The lowest BCUT2D eigenvalue weighted by molar-refractivity contribution is 0.0945. The number of methoxy groups -OCH3 is 1. The van der Waals surface area contributed by atoms with Gasteiger partial charge in [-0.25, -0.2) is 4.98 Å². The van der Waals surface area contributed by atoms with Gasteiger partial charge < -0.3 is 14.5 Å². The molecule has 1 saturated carbocycles. The van der Waals surface area contributed by atoms with Gasteiger partial charge in [-0.3, -0.25) is 9.69 Å². The van der Waals surface area contributed by atoms with E-state index in [1.807, 2.05) is 18.2 Å². The lowest BCUT2D eigenvalue weighted by Crippen LogP contribution is -2.36. The van der Waals surface area contributed by atoms with Crippen LogP contribution in [0.3, 0.4) is 0 Å². The number of hydrogen-bond donors (Lipinski definition) is 1. The molecular weight excluding hydrogens is 342 g/mol. The molecule has 1 aromatic heterocycles. The number of rotatable bonds is 9. The van der Waals surface area contributed by atoms with E-state index in [4.69, 9.17) is 9.15 Å². The highest BCUT2D eigenvalue weighted by Crippen LogP contribution is 2.21. The molecule has 1 N–H and O–H groups in total. The molecule has 0 aliphatic heterocycles. The topological polar surface area (TPSA) is 67.6 Å². The van der Waals surface area contributed by atoms with E-state index >= 15 is 0 Å². The zero-order chi connectivity index (χ0) is 19.4. The van der Waals surface area contributed by atoms with E-state index in [1.54, 1.807) is 7.11 Å². The van der Waals surface area contributed by atoms with Crippen LogP contribution in [-0.2, 0) is 13.1 Å². The summed E-state index contributed by atoms with van der Waals surface area (Å²) in [5.74, 6) is 1.73. The fourth-order valence-electron chi connectivity index (χ4n) is 2.92. The molecule has 2 aromatic rings. The van der Waals surface area contributed by atoms with Crippen LogP contribution in [0.4, 0.5) is 0 Å². The van der Waals surface area contributed by atoms with Crippen molar-refractivity contribution >= 4 is 5.91 Å². The third-order valence-electron chi connectivity index (χ3n) is 5.10. The third-order valence-corrected chi connectivity index (χ3v) is 5.10. The van der Waals surface area contributed by atoms with Crippen molar-refractivity contribution < 1.29 is 13.9 Å². The summed E-state index contributed by atoms with van der Waals surface area (Å²) < 4.78 is 10.9. The van der Waals surface area contributed by atoms with Gasteiger partial charge >= 0.3 is 0 Å². The van der Waals surface area contributed by atoms with Gasteiger partial charge in [0.15, 0.2) is 5.69 Å². The summed E-state index contributed by atoms with van der Waals surface area (Å²) in [5.41, 5.74) is 1.52. The summed E-state index contributed by atoms with van der Waals surface area (Å²) in [6, 6.07) is 8.71. The minimum absolute atomic E-state index is 0.149. The highest BCUT2D eigenvalue weighted by Gasteiger charge is 2.26. The minimum Gasteiger partial charge on any atom is -0.497 e. The van der Waals surface area contributed by atoms with Crippen molar-refractivity contribution in [1.29, 1.82) is 0 Å². The highest BCUT2D eigenvalue weighted by atomic mass is 16.5. The molecule has 6 heteroatoms. The molecule has 1 aliphatic carbocycles. The summed E-state index contributed by atoms with van der Waals surface area (Å²) in [6.07, 6.45) is 3.56. The van der Waals surface area contributed by atoms with Crippen LogP contribution < -0.4 is 10.1 Å². The molecule has 1 atom stereocenters. The highest BCUT2D eigenvalue weighted by molar-refractivity contribution is 5.92. The van der Waals surface area contributed by atoms with Gasteiger partial charge in [0.25, 0.3) is 5.91 Å². The molecule has 1 aromatic carbocycles. The van der Waals surface area contributed by atoms with Crippen molar-refractivity contribution in [3.63, 3.8) is 0 Å². The normalized spacial score (nSPS) is 15.2. The molecule has 1 fully saturated rings. The van der Waals surface area contributed by atoms with Gasteiger partial charge in [0, 0.05) is 18.6 Å².